The second-order valence-corrected chi connectivity index (χ2v) is 7.47. The minimum absolute atomic E-state index is 0.0207. The lowest BCUT2D eigenvalue weighted by Gasteiger charge is -2.18. The number of aromatic nitrogens is 2. The molecule has 2 heterocycles. The Hall–Kier alpha value is -2.67. The fraction of sp³-hybridized carbons (Fsp3) is 0.450. The molecule has 1 aliphatic rings. The zero-order chi connectivity index (χ0) is 19.6. The van der Waals surface area contributed by atoms with Gasteiger partial charge in [-0.1, -0.05) is 0 Å². The Bertz CT molecular complexity index is 843. The Labute approximate surface area is 159 Å². The highest BCUT2D eigenvalue weighted by Crippen LogP contribution is 2.29. The molecule has 27 heavy (non-hydrogen) atoms. The first-order valence-corrected chi connectivity index (χ1v) is 9.26. The maximum atomic E-state index is 12.8. The van der Waals surface area contributed by atoms with Crippen LogP contribution < -0.4 is 16.0 Å². The second kappa shape index (κ2) is 7.92. The number of carbonyl (C=O) groups excluding carboxylic acids is 2. The van der Waals surface area contributed by atoms with Gasteiger partial charge in [0, 0.05) is 49.5 Å². The predicted molar refractivity (Wildman–Crippen MR) is 105 cm³/mol. The fourth-order valence-electron chi connectivity index (χ4n) is 3.51. The lowest BCUT2D eigenvalue weighted by Crippen LogP contribution is -2.30. The van der Waals surface area contributed by atoms with Gasteiger partial charge in [-0.3, -0.25) is 14.3 Å². The molecule has 0 unspecified atom stereocenters. The minimum Gasteiger partial charge on any atom is -0.350 e. The van der Waals surface area contributed by atoms with Gasteiger partial charge < -0.3 is 16.0 Å². The molecule has 2 aromatic rings. The van der Waals surface area contributed by atoms with Gasteiger partial charge in [0.25, 0.3) is 5.91 Å². The van der Waals surface area contributed by atoms with E-state index in [1.165, 1.54) is 0 Å². The number of nitrogens with zero attached hydrogens (tertiary/aromatic N) is 2. The van der Waals surface area contributed by atoms with Gasteiger partial charge in [0.2, 0.25) is 5.91 Å². The molecule has 2 atom stereocenters. The van der Waals surface area contributed by atoms with E-state index in [2.05, 4.69) is 21.0 Å². The van der Waals surface area contributed by atoms with Gasteiger partial charge in [-0.15, -0.1) is 0 Å². The molecule has 7 nitrogen and oxygen atoms in total. The van der Waals surface area contributed by atoms with Gasteiger partial charge >= 0.3 is 0 Å². The molecule has 1 fully saturated rings. The molecule has 1 aromatic heterocycles. The van der Waals surface area contributed by atoms with E-state index in [0.717, 1.165) is 17.7 Å². The smallest absolute Gasteiger partial charge is 0.251 e. The molecular formula is C20H27N5O2. The minimum atomic E-state index is -0.154. The summed E-state index contributed by atoms with van der Waals surface area (Å²) in [5.74, 6) is -0.168. The van der Waals surface area contributed by atoms with Gasteiger partial charge in [-0.05, 0) is 50.1 Å². The Morgan fingerprint density at radius 3 is 2.70 bits per heavy atom. The van der Waals surface area contributed by atoms with Crippen LogP contribution in [0.5, 0.6) is 0 Å². The van der Waals surface area contributed by atoms with E-state index in [1.807, 2.05) is 46.3 Å². The number of nitrogens with one attached hydrogen (secondary N) is 3. The zero-order valence-corrected chi connectivity index (χ0v) is 16.2. The molecule has 0 saturated carbocycles. The number of rotatable bonds is 5. The van der Waals surface area contributed by atoms with E-state index < -0.39 is 0 Å². The van der Waals surface area contributed by atoms with Crippen molar-refractivity contribution >= 4 is 17.5 Å². The van der Waals surface area contributed by atoms with E-state index in [0.29, 0.717) is 17.8 Å². The maximum Gasteiger partial charge on any atom is 0.251 e. The highest BCUT2D eigenvalue weighted by atomic mass is 16.2. The van der Waals surface area contributed by atoms with Gasteiger partial charge in [-0.2, -0.15) is 5.10 Å². The first-order valence-electron chi connectivity index (χ1n) is 9.26. The van der Waals surface area contributed by atoms with E-state index in [9.17, 15) is 9.59 Å². The summed E-state index contributed by atoms with van der Waals surface area (Å²) >= 11 is 0. The van der Waals surface area contributed by atoms with Crippen molar-refractivity contribution in [2.24, 2.45) is 13.0 Å². The number of carbonyl (C=O) groups is 2. The van der Waals surface area contributed by atoms with Crippen LogP contribution in [0.1, 0.15) is 41.3 Å². The Morgan fingerprint density at radius 1 is 1.30 bits per heavy atom. The van der Waals surface area contributed by atoms with Crippen molar-refractivity contribution in [2.75, 3.05) is 18.4 Å². The summed E-state index contributed by atoms with van der Waals surface area (Å²) in [5.41, 5.74) is 3.23. The number of amides is 2. The third-order valence-electron chi connectivity index (χ3n) is 4.86. The van der Waals surface area contributed by atoms with Crippen LogP contribution in [0.25, 0.3) is 0 Å². The molecule has 0 aliphatic carbocycles. The highest BCUT2D eigenvalue weighted by molar-refractivity contribution is 5.98. The van der Waals surface area contributed by atoms with Gasteiger partial charge in [0.05, 0.1) is 12.1 Å². The van der Waals surface area contributed by atoms with E-state index in [-0.39, 0.29) is 29.7 Å². The van der Waals surface area contributed by atoms with Crippen molar-refractivity contribution in [3.05, 3.63) is 47.3 Å². The number of aryl methyl sites for hydroxylation is 2. The Kier molecular flexibility index (Phi) is 5.60. The largest absolute Gasteiger partial charge is 0.350 e. The van der Waals surface area contributed by atoms with Crippen LogP contribution in [0, 0.1) is 12.8 Å². The van der Waals surface area contributed by atoms with Crippen LogP contribution >= 0.6 is 0 Å². The third kappa shape index (κ3) is 4.36. The van der Waals surface area contributed by atoms with Crippen LogP contribution in [-0.2, 0) is 11.8 Å². The molecule has 144 valence electrons. The molecule has 2 amide bonds. The van der Waals surface area contributed by atoms with Crippen molar-refractivity contribution in [3.63, 3.8) is 0 Å². The molecule has 3 N–H and O–H groups in total. The number of benzene rings is 1. The number of hydrogen-bond donors (Lipinski definition) is 3. The summed E-state index contributed by atoms with van der Waals surface area (Å²) in [6.45, 7) is 7.13. The van der Waals surface area contributed by atoms with E-state index in [1.54, 1.807) is 16.8 Å². The summed E-state index contributed by atoms with van der Waals surface area (Å²) in [7, 11) is 1.88. The van der Waals surface area contributed by atoms with Crippen LogP contribution in [0.3, 0.4) is 0 Å². The van der Waals surface area contributed by atoms with Crippen molar-refractivity contribution in [1.82, 2.24) is 20.4 Å². The highest BCUT2D eigenvalue weighted by Gasteiger charge is 2.34. The van der Waals surface area contributed by atoms with Crippen molar-refractivity contribution < 1.29 is 9.59 Å². The SMILES string of the molecule is Cc1cc(NC(=O)[C@H]2CNC[C@@H]2c2cnn(C)c2)ccc1C(=O)NC(C)C. The topological polar surface area (TPSA) is 88.1 Å². The Balaban J connectivity index is 1.70. The number of anilines is 1. The normalized spacial score (nSPS) is 19.3. The predicted octanol–water partition coefficient (Wildman–Crippen LogP) is 1.81. The zero-order valence-electron chi connectivity index (χ0n) is 16.2. The van der Waals surface area contributed by atoms with Gasteiger partial charge in [-0.25, -0.2) is 0 Å². The summed E-state index contributed by atoms with van der Waals surface area (Å²) in [6, 6.07) is 5.46. The lowest BCUT2D eigenvalue weighted by atomic mass is 9.90. The van der Waals surface area contributed by atoms with Crippen LogP contribution in [0.4, 0.5) is 5.69 Å². The number of hydrogen-bond acceptors (Lipinski definition) is 4. The molecule has 1 aliphatic heterocycles. The molecule has 0 spiro atoms. The molecule has 3 rings (SSSR count). The van der Waals surface area contributed by atoms with Crippen molar-refractivity contribution in [1.29, 1.82) is 0 Å². The van der Waals surface area contributed by atoms with Crippen LogP contribution in [-0.4, -0.2) is 40.7 Å². The quantitative estimate of drug-likeness (QED) is 0.750. The first kappa shape index (κ1) is 19.1. The van der Waals surface area contributed by atoms with Crippen LogP contribution in [0.2, 0.25) is 0 Å². The van der Waals surface area contributed by atoms with Gasteiger partial charge in [0.15, 0.2) is 0 Å². The fourth-order valence-corrected chi connectivity index (χ4v) is 3.51. The first-order chi connectivity index (χ1) is 12.8. The average Bonchev–Trinajstić information content (AvgIpc) is 3.22. The van der Waals surface area contributed by atoms with E-state index in [4.69, 9.17) is 0 Å². The van der Waals surface area contributed by atoms with Crippen LogP contribution in [0.15, 0.2) is 30.6 Å². The molecule has 1 saturated heterocycles. The summed E-state index contributed by atoms with van der Waals surface area (Å²) in [6.07, 6.45) is 3.79. The maximum absolute atomic E-state index is 12.8. The second-order valence-electron chi connectivity index (χ2n) is 7.47. The molecule has 0 radical (unpaired) electrons. The molecule has 0 bridgehead atoms. The van der Waals surface area contributed by atoms with Gasteiger partial charge in [0.1, 0.15) is 0 Å². The summed E-state index contributed by atoms with van der Waals surface area (Å²) in [4.78, 5) is 25.0. The van der Waals surface area contributed by atoms with Crippen molar-refractivity contribution in [2.45, 2.75) is 32.7 Å². The molecule has 1 aromatic carbocycles. The Morgan fingerprint density at radius 2 is 2.07 bits per heavy atom. The van der Waals surface area contributed by atoms with E-state index >= 15 is 0 Å². The standard InChI is InChI=1S/C20H27N5O2/c1-12(2)23-19(26)16-6-5-15(7-13(16)3)24-20(27)18-10-21-9-17(18)14-8-22-25(4)11-14/h5-8,11-12,17-18,21H,9-10H2,1-4H3,(H,23,26)(H,24,27)/t17-,18+/m1/s1. The molecule has 7 heteroatoms. The summed E-state index contributed by atoms with van der Waals surface area (Å²) < 4.78 is 1.76. The molecular weight excluding hydrogens is 342 g/mol. The third-order valence-corrected chi connectivity index (χ3v) is 4.86. The monoisotopic (exact) mass is 369 g/mol. The average molecular weight is 369 g/mol. The lowest BCUT2D eigenvalue weighted by molar-refractivity contribution is -0.119. The van der Waals surface area contributed by atoms with Crippen molar-refractivity contribution in [3.8, 4) is 0 Å². The summed E-state index contributed by atoms with van der Waals surface area (Å²) in [5, 5.41) is 13.4.